The third-order valence-corrected chi connectivity index (χ3v) is 3.43. The number of hydrogen-bond donors (Lipinski definition) is 2. The van der Waals surface area contributed by atoms with Crippen molar-refractivity contribution in [3.8, 4) is 5.75 Å². The molecule has 0 bridgehead atoms. The Morgan fingerprint density at radius 2 is 1.64 bits per heavy atom. The molecule has 0 saturated heterocycles. The summed E-state index contributed by atoms with van der Waals surface area (Å²) in [5.41, 5.74) is 2.21. The van der Waals surface area contributed by atoms with Crippen molar-refractivity contribution in [2.45, 2.75) is 27.3 Å². The lowest BCUT2D eigenvalue weighted by molar-refractivity contribution is -0.114. The van der Waals surface area contributed by atoms with Gasteiger partial charge in [0.2, 0.25) is 5.91 Å². The molecule has 0 unspecified atom stereocenters. The molecule has 0 radical (unpaired) electrons. The minimum atomic E-state index is -0.158. The van der Waals surface area contributed by atoms with Crippen molar-refractivity contribution in [3.05, 3.63) is 59.7 Å². The molecular formula is C20H24N2O3. The fourth-order valence-electron chi connectivity index (χ4n) is 2.16. The van der Waals surface area contributed by atoms with Crippen molar-refractivity contribution in [1.82, 2.24) is 5.32 Å². The van der Waals surface area contributed by atoms with Crippen LogP contribution in [0.5, 0.6) is 5.75 Å². The van der Waals surface area contributed by atoms with Gasteiger partial charge in [-0.3, -0.25) is 9.59 Å². The summed E-state index contributed by atoms with van der Waals surface area (Å²) in [7, 11) is 0. The largest absolute Gasteiger partial charge is 0.493 e. The molecule has 5 nitrogen and oxygen atoms in total. The molecule has 0 aromatic heterocycles. The van der Waals surface area contributed by atoms with E-state index in [9.17, 15) is 9.59 Å². The topological polar surface area (TPSA) is 67.4 Å². The highest BCUT2D eigenvalue weighted by atomic mass is 16.5. The van der Waals surface area contributed by atoms with Crippen LogP contribution in [0.3, 0.4) is 0 Å². The third-order valence-electron chi connectivity index (χ3n) is 3.43. The first-order chi connectivity index (χ1) is 11.9. The number of nitrogens with one attached hydrogen (secondary N) is 2. The quantitative estimate of drug-likeness (QED) is 0.809. The summed E-state index contributed by atoms with van der Waals surface area (Å²) >= 11 is 0. The second-order valence-corrected chi connectivity index (χ2v) is 6.29. The Kier molecular flexibility index (Phi) is 6.57. The molecule has 0 heterocycles. The average molecular weight is 340 g/mol. The first kappa shape index (κ1) is 18.5. The molecule has 132 valence electrons. The molecule has 2 aromatic rings. The van der Waals surface area contributed by atoms with Gasteiger partial charge >= 0.3 is 0 Å². The molecule has 0 atom stereocenters. The van der Waals surface area contributed by atoms with Crippen molar-refractivity contribution < 1.29 is 14.3 Å². The number of ether oxygens (including phenoxy) is 1. The van der Waals surface area contributed by atoms with Gasteiger partial charge in [0.05, 0.1) is 6.61 Å². The van der Waals surface area contributed by atoms with Crippen LogP contribution < -0.4 is 15.4 Å². The van der Waals surface area contributed by atoms with Crippen molar-refractivity contribution in [2.75, 3.05) is 11.9 Å². The number of rotatable bonds is 7. The fourth-order valence-corrected chi connectivity index (χ4v) is 2.16. The molecular weight excluding hydrogens is 316 g/mol. The summed E-state index contributed by atoms with van der Waals surface area (Å²) in [5, 5.41) is 5.55. The summed E-state index contributed by atoms with van der Waals surface area (Å²) in [6, 6.07) is 14.5. The van der Waals surface area contributed by atoms with Crippen LogP contribution in [0.1, 0.15) is 36.7 Å². The van der Waals surface area contributed by atoms with Gasteiger partial charge in [0.15, 0.2) is 0 Å². The highest BCUT2D eigenvalue weighted by molar-refractivity contribution is 5.95. The van der Waals surface area contributed by atoms with Crippen molar-refractivity contribution >= 4 is 17.5 Å². The first-order valence-corrected chi connectivity index (χ1v) is 8.31. The van der Waals surface area contributed by atoms with E-state index in [0.717, 1.165) is 11.3 Å². The smallest absolute Gasteiger partial charge is 0.251 e. The van der Waals surface area contributed by atoms with Crippen LogP contribution in [0.4, 0.5) is 5.69 Å². The number of hydrogen-bond acceptors (Lipinski definition) is 3. The average Bonchev–Trinajstić information content (AvgIpc) is 2.59. The van der Waals surface area contributed by atoms with Gasteiger partial charge in [-0.15, -0.1) is 0 Å². The van der Waals surface area contributed by atoms with Gasteiger partial charge in [0, 0.05) is 24.7 Å². The van der Waals surface area contributed by atoms with E-state index in [1.807, 2.05) is 24.3 Å². The normalized spacial score (nSPS) is 10.4. The molecule has 5 heteroatoms. The minimum absolute atomic E-state index is 0.141. The maximum Gasteiger partial charge on any atom is 0.251 e. The van der Waals surface area contributed by atoms with Gasteiger partial charge in [0.1, 0.15) is 5.75 Å². The second kappa shape index (κ2) is 8.87. The van der Waals surface area contributed by atoms with Crippen molar-refractivity contribution in [2.24, 2.45) is 5.92 Å². The molecule has 0 fully saturated rings. The fraction of sp³-hybridized carbons (Fsp3) is 0.300. The van der Waals surface area contributed by atoms with Gasteiger partial charge in [0.25, 0.3) is 5.91 Å². The number of carbonyl (C=O) groups is 2. The monoisotopic (exact) mass is 340 g/mol. The van der Waals surface area contributed by atoms with Crippen LogP contribution in [0.25, 0.3) is 0 Å². The van der Waals surface area contributed by atoms with Crippen molar-refractivity contribution in [3.63, 3.8) is 0 Å². The summed E-state index contributed by atoms with van der Waals surface area (Å²) in [4.78, 5) is 23.2. The molecule has 2 rings (SSSR count). The van der Waals surface area contributed by atoms with Gasteiger partial charge in [-0.1, -0.05) is 26.0 Å². The van der Waals surface area contributed by atoms with Gasteiger partial charge in [-0.05, 0) is 47.9 Å². The summed E-state index contributed by atoms with van der Waals surface area (Å²) < 4.78 is 5.64. The molecule has 2 N–H and O–H groups in total. The van der Waals surface area contributed by atoms with Crippen molar-refractivity contribution in [1.29, 1.82) is 0 Å². The first-order valence-electron chi connectivity index (χ1n) is 8.31. The number of anilines is 1. The molecule has 25 heavy (non-hydrogen) atoms. The third kappa shape index (κ3) is 6.30. The lowest BCUT2D eigenvalue weighted by Crippen LogP contribution is -2.22. The van der Waals surface area contributed by atoms with Gasteiger partial charge < -0.3 is 15.4 Å². The minimum Gasteiger partial charge on any atom is -0.493 e. The van der Waals surface area contributed by atoms with Gasteiger partial charge in [-0.25, -0.2) is 0 Å². The Labute approximate surface area is 148 Å². The number of carbonyl (C=O) groups excluding carboxylic acids is 2. The van der Waals surface area contributed by atoms with Crippen LogP contribution in [0.15, 0.2) is 48.5 Å². The van der Waals surface area contributed by atoms with Crippen LogP contribution in [0.2, 0.25) is 0 Å². The highest BCUT2D eigenvalue weighted by Crippen LogP contribution is 2.14. The van der Waals surface area contributed by atoms with E-state index >= 15 is 0 Å². The summed E-state index contributed by atoms with van der Waals surface area (Å²) in [6.07, 6.45) is 0. The molecule has 0 aliphatic heterocycles. The van der Waals surface area contributed by atoms with E-state index in [2.05, 4.69) is 24.5 Å². The number of benzene rings is 2. The Morgan fingerprint density at radius 3 is 2.20 bits per heavy atom. The molecule has 2 amide bonds. The maximum absolute atomic E-state index is 12.2. The van der Waals surface area contributed by atoms with Crippen LogP contribution >= 0.6 is 0 Å². The molecule has 0 aliphatic carbocycles. The zero-order chi connectivity index (χ0) is 18.2. The summed E-state index contributed by atoms with van der Waals surface area (Å²) in [6.45, 7) is 6.78. The predicted molar refractivity (Wildman–Crippen MR) is 98.7 cm³/mol. The SMILES string of the molecule is CC(=O)Nc1ccc(C(=O)NCc2ccc(OCC(C)C)cc2)cc1. The van der Waals surface area contributed by atoms with E-state index < -0.39 is 0 Å². The van der Waals surface area contributed by atoms with E-state index in [0.29, 0.717) is 30.3 Å². The highest BCUT2D eigenvalue weighted by Gasteiger charge is 2.06. The van der Waals surface area contributed by atoms with Crippen LogP contribution in [0, 0.1) is 5.92 Å². The summed E-state index contributed by atoms with van der Waals surface area (Å²) in [5.74, 6) is 1.01. The zero-order valence-corrected chi connectivity index (χ0v) is 14.8. The zero-order valence-electron chi connectivity index (χ0n) is 14.8. The standard InChI is InChI=1S/C20H24N2O3/c1-14(2)13-25-19-10-4-16(5-11-19)12-21-20(24)17-6-8-18(9-7-17)22-15(3)23/h4-11,14H,12-13H2,1-3H3,(H,21,24)(H,22,23). The molecule has 2 aromatic carbocycles. The Morgan fingerprint density at radius 1 is 1.00 bits per heavy atom. The van der Waals surface area contributed by atoms with Gasteiger partial charge in [-0.2, -0.15) is 0 Å². The van der Waals surface area contributed by atoms with Crippen LogP contribution in [-0.4, -0.2) is 18.4 Å². The lowest BCUT2D eigenvalue weighted by atomic mass is 10.1. The van der Waals surface area contributed by atoms with E-state index in [1.54, 1.807) is 24.3 Å². The van der Waals surface area contributed by atoms with E-state index in [1.165, 1.54) is 6.92 Å². The van der Waals surface area contributed by atoms with Crippen LogP contribution in [-0.2, 0) is 11.3 Å². The Bertz CT molecular complexity index is 707. The maximum atomic E-state index is 12.2. The Balaban J connectivity index is 1.85. The number of amides is 2. The Hall–Kier alpha value is -2.82. The lowest BCUT2D eigenvalue weighted by Gasteiger charge is -2.10. The molecule has 0 saturated carbocycles. The van der Waals surface area contributed by atoms with E-state index in [-0.39, 0.29) is 11.8 Å². The molecule has 0 aliphatic rings. The predicted octanol–water partition coefficient (Wildman–Crippen LogP) is 3.61. The second-order valence-electron chi connectivity index (χ2n) is 6.29. The van der Waals surface area contributed by atoms with E-state index in [4.69, 9.17) is 4.74 Å². The molecule has 0 spiro atoms.